The van der Waals surface area contributed by atoms with Gasteiger partial charge < -0.3 is 10.8 Å². The Morgan fingerprint density at radius 1 is 1.39 bits per heavy atom. The van der Waals surface area contributed by atoms with Crippen molar-refractivity contribution in [3.8, 4) is 10.4 Å². The molecule has 0 fully saturated rings. The minimum absolute atomic E-state index is 0.108. The summed E-state index contributed by atoms with van der Waals surface area (Å²) in [5, 5.41) is 8.68. The maximum absolute atomic E-state index is 13.1. The Kier molecular flexibility index (Phi) is 3.74. The summed E-state index contributed by atoms with van der Waals surface area (Å²) in [7, 11) is 0. The van der Waals surface area contributed by atoms with E-state index in [2.05, 4.69) is 0 Å². The fourth-order valence-corrected chi connectivity index (χ4v) is 2.64. The minimum Gasteiger partial charge on any atom is -0.481 e. The highest BCUT2D eigenvalue weighted by atomic mass is 32.1. The first-order chi connectivity index (χ1) is 8.56. The highest BCUT2D eigenvalue weighted by Gasteiger charge is 2.13. The predicted octanol–water partition coefficient (Wildman–Crippen LogP) is 3.03. The summed E-state index contributed by atoms with van der Waals surface area (Å²) < 4.78 is 13.1. The summed E-state index contributed by atoms with van der Waals surface area (Å²) in [6, 6.07) is 9.37. The van der Waals surface area contributed by atoms with Crippen molar-refractivity contribution in [3.63, 3.8) is 0 Å². The lowest BCUT2D eigenvalue weighted by atomic mass is 10.1. The Bertz CT molecular complexity index is 568. The van der Waals surface area contributed by atoms with Gasteiger partial charge in [0, 0.05) is 15.8 Å². The van der Waals surface area contributed by atoms with Gasteiger partial charge >= 0.3 is 5.97 Å². The molecule has 1 heterocycles. The number of halogens is 1. The van der Waals surface area contributed by atoms with Crippen LogP contribution in [0.25, 0.3) is 10.4 Å². The zero-order valence-corrected chi connectivity index (χ0v) is 10.3. The molecule has 5 heteroatoms. The van der Waals surface area contributed by atoms with Gasteiger partial charge in [0.05, 0.1) is 6.42 Å². The molecule has 1 aromatic heterocycles. The molecular formula is C13H12FNO2S. The van der Waals surface area contributed by atoms with Gasteiger partial charge in [-0.05, 0) is 29.8 Å². The molecule has 0 bridgehead atoms. The molecule has 3 N–H and O–H groups in total. The molecule has 0 radical (unpaired) electrons. The van der Waals surface area contributed by atoms with Crippen molar-refractivity contribution in [3.05, 3.63) is 47.1 Å². The molecule has 1 aromatic carbocycles. The summed E-state index contributed by atoms with van der Waals surface area (Å²) in [6.07, 6.45) is -0.108. The summed E-state index contributed by atoms with van der Waals surface area (Å²) in [5.74, 6) is -1.22. The summed E-state index contributed by atoms with van der Waals surface area (Å²) in [5.41, 5.74) is 6.54. The quantitative estimate of drug-likeness (QED) is 0.893. The smallest absolute Gasteiger partial charge is 0.305 e. The third-order valence-electron chi connectivity index (χ3n) is 2.50. The highest BCUT2D eigenvalue weighted by Crippen LogP contribution is 2.31. The second kappa shape index (κ2) is 5.29. The van der Waals surface area contributed by atoms with E-state index in [0.717, 1.165) is 15.3 Å². The lowest BCUT2D eigenvalue weighted by Gasteiger charge is -2.04. The molecule has 94 valence electrons. The van der Waals surface area contributed by atoms with Gasteiger partial charge in [0.25, 0.3) is 0 Å². The van der Waals surface area contributed by atoms with Crippen LogP contribution in [0.4, 0.5) is 4.39 Å². The zero-order chi connectivity index (χ0) is 13.1. The molecule has 0 amide bonds. The van der Waals surface area contributed by atoms with Crippen LogP contribution in [-0.2, 0) is 4.79 Å². The first-order valence-electron chi connectivity index (χ1n) is 5.39. The number of thiophene rings is 1. The van der Waals surface area contributed by atoms with Crippen LogP contribution in [0.5, 0.6) is 0 Å². The molecule has 0 saturated carbocycles. The fraction of sp³-hybridized carbons (Fsp3) is 0.154. The van der Waals surface area contributed by atoms with Crippen molar-refractivity contribution in [1.29, 1.82) is 0 Å². The summed E-state index contributed by atoms with van der Waals surface area (Å²) in [4.78, 5) is 12.2. The minimum atomic E-state index is -0.928. The third-order valence-corrected chi connectivity index (χ3v) is 3.76. The van der Waals surface area contributed by atoms with Gasteiger partial charge in [0.15, 0.2) is 0 Å². The number of nitrogens with two attached hydrogens (primary N) is 1. The van der Waals surface area contributed by atoms with E-state index in [1.165, 1.54) is 23.5 Å². The molecule has 2 aromatic rings. The van der Waals surface area contributed by atoms with Crippen molar-refractivity contribution >= 4 is 17.3 Å². The Morgan fingerprint density at radius 3 is 2.83 bits per heavy atom. The van der Waals surface area contributed by atoms with Crippen molar-refractivity contribution in [2.24, 2.45) is 5.73 Å². The lowest BCUT2D eigenvalue weighted by molar-refractivity contribution is -0.137. The van der Waals surface area contributed by atoms with Gasteiger partial charge in [-0.15, -0.1) is 11.3 Å². The van der Waals surface area contributed by atoms with Crippen LogP contribution in [-0.4, -0.2) is 11.1 Å². The molecule has 0 saturated heterocycles. The molecule has 0 aliphatic heterocycles. The molecule has 0 aliphatic rings. The van der Waals surface area contributed by atoms with Crippen LogP contribution in [0.2, 0.25) is 0 Å². The Labute approximate surface area is 108 Å². The summed E-state index contributed by atoms with van der Waals surface area (Å²) in [6.45, 7) is 0. The number of hydrogen-bond acceptors (Lipinski definition) is 3. The maximum atomic E-state index is 13.1. The topological polar surface area (TPSA) is 63.3 Å². The molecule has 3 nitrogen and oxygen atoms in total. The van der Waals surface area contributed by atoms with E-state index in [1.54, 1.807) is 18.2 Å². The molecule has 0 unspecified atom stereocenters. The van der Waals surface area contributed by atoms with Gasteiger partial charge in [-0.3, -0.25) is 4.79 Å². The van der Waals surface area contributed by atoms with Crippen LogP contribution >= 0.6 is 11.3 Å². The number of carbonyl (C=O) groups is 1. The third kappa shape index (κ3) is 2.94. The van der Waals surface area contributed by atoms with Crippen LogP contribution in [0.1, 0.15) is 17.3 Å². The Balaban J connectivity index is 2.22. The molecule has 0 aliphatic carbocycles. The Hall–Kier alpha value is -1.72. The van der Waals surface area contributed by atoms with Crippen molar-refractivity contribution in [2.75, 3.05) is 0 Å². The van der Waals surface area contributed by atoms with E-state index in [9.17, 15) is 9.18 Å². The van der Waals surface area contributed by atoms with E-state index < -0.39 is 12.0 Å². The van der Waals surface area contributed by atoms with Crippen LogP contribution in [0, 0.1) is 5.82 Å². The van der Waals surface area contributed by atoms with Crippen LogP contribution in [0.15, 0.2) is 36.4 Å². The van der Waals surface area contributed by atoms with E-state index in [4.69, 9.17) is 10.8 Å². The maximum Gasteiger partial charge on any atom is 0.305 e. The van der Waals surface area contributed by atoms with E-state index in [-0.39, 0.29) is 12.2 Å². The first-order valence-corrected chi connectivity index (χ1v) is 6.21. The second-order valence-corrected chi connectivity index (χ2v) is 5.03. The molecule has 1 atom stereocenters. The number of rotatable bonds is 4. The number of carboxylic acids is 1. The SMILES string of the molecule is N[C@@H](CC(=O)O)c1ccc(-c2cccc(F)c2)s1. The lowest BCUT2D eigenvalue weighted by Crippen LogP contribution is -2.13. The molecule has 0 spiro atoms. The molecule has 18 heavy (non-hydrogen) atoms. The zero-order valence-electron chi connectivity index (χ0n) is 9.47. The highest BCUT2D eigenvalue weighted by molar-refractivity contribution is 7.15. The summed E-state index contributed by atoms with van der Waals surface area (Å²) >= 11 is 1.39. The van der Waals surface area contributed by atoms with Gasteiger partial charge in [0.1, 0.15) is 5.82 Å². The van der Waals surface area contributed by atoms with E-state index in [1.807, 2.05) is 6.07 Å². The predicted molar refractivity (Wildman–Crippen MR) is 68.9 cm³/mol. The number of benzene rings is 1. The van der Waals surface area contributed by atoms with Gasteiger partial charge in [-0.2, -0.15) is 0 Å². The van der Waals surface area contributed by atoms with Crippen molar-refractivity contribution in [1.82, 2.24) is 0 Å². The molecule has 2 rings (SSSR count). The first kappa shape index (κ1) is 12.7. The molecular weight excluding hydrogens is 253 g/mol. The second-order valence-electron chi connectivity index (χ2n) is 3.92. The van der Waals surface area contributed by atoms with Gasteiger partial charge in [-0.1, -0.05) is 12.1 Å². The fourth-order valence-electron chi connectivity index (χ4n) is 1.64. The van der Waals surface area contributed by atoms with Gasteiger partial charge in [0.2, 0.25) is 0 Å². The monoisotopic (exact) mass is 265 g/mol. The van der Waals surface area contributed by atoms with Gasteiger partial charge in [-0.25, -0.2) is 4.39 Å². The van der Waals surface area contributed by atoms with Crippen molar-refractivity contribution in [2.45, 2.75) is 12.5 Å². The number of aliphatic carboxylic acids is 1. The van der Waals surface area contributed by atoms with Crippen LogP contribution in [0.3, 0.4) is 0 Å². The number of carboxylic acid groups (broad SMARTS) is 1. The van der Waals surface area contributed by atoms with E-state index >= 15 is 0 Å². The van der Waals surface area contributed by atoms with Crippen LogP contribution < -0.4 is 5.73 Å². The normalized spacial score (nSPS) is 12.3. The number of hydrogen-bond donors (Lipinski definition) is 2. The van der Waals surface area contributed by atoms with E-state index in [0.29, 0.717) is 0 Å². The largest absolute Gasteiger partial charge is 0.481 e. The van der Waals surface area contributed by atoms with Crippen molar-refractivity contribution < 1.29 is 14.3 Å². The average molecular weight is 265 g/mol. The Morgan fingerprint density at radius 2 is 2.17 bits per heavy atom. The standard InChI is InChI=1S/C13H12FNO2S/c14-9-3-1-2-8(6-9)11-4-5-12(18-11)10(15)7-13(16)17/h1-6,10H,7,15H2,(H,16,17)/t10-/m0/s1. The average Bonchev–Trinajstić information content (AvgIpc) is 2.77.